The summed E-state index contributed by atoms with van der Waals surface area (Å²) in [5.74, 6) is -3.12. The lowest BCUT2D eigenvalue weighted by Gasteiger charge is -2.25. The van der Waals surface area contributed by atoms with Gasteiger partial charge in [0.2, 0.25) is 5.91 Å². The molecule has 1 unspecified atom stereocenters. The Labute approximate surface area is 278 Å². The molecule has 2 aliphatic heterocycles. The van der Waals surface area contributed by atoms with E-state index >= 15 is 0 Å². The van der Waals surface area contributed by atoms with E-state index in [0.717, 1.165) is 27.5 Å². The first-order valence-electron chi connectivity index (χ1n) is 15.0. The number of hydrogen-bond acceptors (Lipinski definition) is 9. The SMILES string of the molecule is CCOC(=O)C[C@H]1NC(=O)C(Nc2ccc3c(N)nccc3c2)c2ccc(c(C)c2)CCOC(=O)Nc2cccc1c2.O=C(O)C(F)(F)F. The van der Waals surface area contributed by atoms with Crippen molar-refractivity contribution in [2.75, 3.05) is 29.6 Å². The minimum atomic E-state index is -5.08. The van der Waals surface area contributed by atoms with Gasteiger partial charge in [-0.2, -0.15) is 13.2 Å². The highest BCUT2D eigenvalue weighted by Crippen LogP contribution is 2.29. The van der Waals surface area contributed by atoms with Gasteiger partial charge in [-0.05, 0) is 77.9 Å². The zero-order valence-corrected chi connectivity index (χ0v) is 26.5. The Morgan fingerprint density at radius 3 is 2.53 bits per heavy atom. The maximum atomic E-state index is 14.1. The summed E-state index contributed by atoms with van der Waals surface area (Å²) < 4.78 is 42.4. The Morgan fingerprint density at radius 1 is 1.08 bits per heavy atom. The lowest BCUT2D eigenvalue weighted by Crippen LogP contribution is -2.37. The Kier molecular flexibility index (Phi) is 11.6. The van der Waals surface area contributed by atoms with E-state index in [-0.39, 0.29) is 25.5 Å². The number of nitrogens with two attached hydrogens (primary N) is 1. The number of ether oxygens (including phenoxy) is 2. The summed E-state index contributed by atoms with van der Waals surface area (Å²) in [5, 5.41) is 18.0. The number of rotatable bonds is 5. The number of nitrogens with zero attached hydrogens (tertiary/aromatic N) is 1. The number of carboxylic acids is 1. The summed E-state index contributed by atoms with van der Waals surface area (Å²) in [6.45, 7) is 4.08. The van der Waals surface area contributed by atoms with E-state index in [2.05, 4.69) is 20.9 Å². The smallest absolute Gasteiger partial charge is 0.475 e. The topological polar surface area (TPSA) is 182 Å². The molecule has 3 aromatic carbocycles. The molecule has 4 aromatic rings. The Balaban J connectivity index is 0.000000698. The van der Waals surface area contributed by atoms with Crippen LogP contribution in [0.4, 0.5) is 35.2 Å². The second-order valence-corrected chi connectivity index (χ2v) is 10.9. The number of anilines is 3. The number of carboxylic acid groups (broad SMARTS) is 1. The van der Waals surface area contributed by atoms with Gasteiger partial charge in [0, 0.05) is 29.4 Å². The van der Waals surface area contributed by atoms with Crippen molar-refractivity contribution >= 4 is 51.9 Å². The number of nitrogens with one attached hydrogen (secondary N) is 3. The molecule has 12 nitrogen and oxygen atoms in total. The molecule has 1 aromatic heterocycles. The third kappa shape index (κ3) is 9.82. The fraction of sp³-hybridized carbons (Fsp3) is 0.265. The maximum absolute atomic E-state index is 14.1. The quantitative estimate of drug-likeness (QED) is 0.161. The summed E-state index contributed by atoms with van der Waals surface area (Å²) in [6, 6.07) is 18.7. The number of carbonyl (C=O) groups is 4. The monoisotopic (exact) mass is 681 g/mol. The lowest BCUT2D eigenvalue weighted by atomic mass is 9.96. The van der Waals surface area contributed by atoms with E-state index in [4.69, 9.17) is 25.1 Å². The molecular weight excluding hydrogens is 647 g/mol. The van der Waals surface area contributed by atoms with Gasteiger partial charge in [0.1, 0.15) is 11.9 Å². The van der Waals surface area contributed by atoms with E-state index in [9.17, 15) is 27.6 Å². The van der Waals surface area contributed by atoms with Crippen LogP contribution in [-0.4, -0.2) is 53.4 Å². The number of aliphatic carboxylic acids is 1. The molecule has 2 aliphatic rings. The van der Waals surface area contributed by atoms with Crippen LogP contribution in [0.1, 0.15) is 47.7 Å². The first kappa shape index (κ1) is 36.0. The van der Waals surface area contributed by atoms with E-state index in [1.165, 1.54) is 0 Å². The van der Waals surface area contributed by atoms with Crippen LogP contribution >= 0.6 is 0 Å². The van der Waals surface area contributed by atoms with Crippen LogP contribution in [0.25, 0.3) is 10.8 Å². The van der Waals surface area contributed by atoms with Crippen molar-refractivity contribution in [3.63, 3.8) is 0 Å². The predicted octanol–water partition coefficient (Wildman–Crippen LogP) is 5.83. The molecule has 0 aliphatic carbocycles. The van der Waals surface area contributed by atoms with Gasteiger partial charge in [-0.25, -0.2) is 14.6 Å². The third-order valence-electron chi connectivity index (χ3n) is 7.44. The lowest BCUT2D eigenvalue weighted by molar-refractivity contribution is -0.192. The Bertz CT molecular complexity index is 1850. The highest BCUT2D eigenvalue weighted by Gasteiger charge is 2.38. The minimum Gasteiger partial charge on any atom is -0.475 e. The number of pyridine rings is 1. The fourth-order valence-electron chi connectivity index (χ4n) is 5.07. The number of aromatic nitrogens is 1. The molecule has 15 heteroatoms. The molecule has 6 N–H and O–H groups in total. The number of nitrogen functional groups attached to an aromatic ring is 1. The third-order valence-corrected chi connectivity index (χ3v) is 7.44. The Hall–Kier alpha value is -5.86. The van der Waals surface area contributed by atoms with Crippen molar-refractivity contribution in [1.82, 2.24) is 10.3 Å². The first-order chi connectivity index (χ1) is 23.2. The summed E-state index contributed by atoms with van der Waals surface area (Å²) in [5.41, 5.74) is 10.5. The molecule has 0 spiro atoms. The average Bonchev–Trinajstić information content (AvgIpc) is 3.04. The number of alkyl halides is 3. The number of halogens is 3. The minimum absolute atomic E-state index is 0.0968. The predicted molar refractivity (Wildman–Crippen MR) is 175 cm³/mol. The van der Waals surface area contributed by atoms with Crippen LogP contribution in [0, 0.1) is 6.92 Å². The standard InChI is InChI=1S/C32H33N5O5.C2HF3O2/c1-3-41-28(38)18-27-22-5-4-6-24(17-22)36-32(40)42-14-12-20-7-8-23(15-19(20)2)29(31(39)37-27)35-25-9-10-26-21(16-25)11-13-34-30(26)33;3-2(4,5)1(6)7/h4-11,13,15-17,27,29,35H,3,12,14,18H2,1-2H3,(H2,33,34)(H,36,40)(H,37,39);(H,6,7)/t27-,29?;/m1./s1. The first-order valence-corrected chi connectivity index (χ1v) is 15.0. The van der Waals surface area contributed by atoms with Gasteiger partial charge in [-0.1, -0.05) is 30.3 Å². The molecule has 0 saturated heterocycles. The molecule has 6 rings (SSSR count). The number of aryl methyl sites for hydroxylation is 1. The van der Waals surface area contributed by atoms with Gasteiger partial charge in [-0.15, -0.1) is 0 Å². The number of hydrogen-bond donors (Lipinski definition) is 5. The van der Waals surface area contributed by atoms with Crippen molar-refractivity contribution in [2.45, 2.75) is 44.9 Å². The zero-order valence-electron chi connectivity index (χ0n) is 26.5. The van der Waals surface area contributed by atoms with Crippen LogP contribution in [0.2, 0.25) is 0 Å². The number of amides is 2. The van der Waals surface area contributed by atoms with Gasteiger partial charge in [-0.3, -0.25) is 14.9 Å². The molecular formula is C34H34F3N5O7. The Morgan fingerprint density at radius 2 is 1.84 bits per heavy atom. The molecule has 2 amide bonds. The summed E-state index contributed by atoms with van der Waals surface area (Å²) in [7, 11) is 0. The van der Waals surface area contributed by atoms with E-state index < -0.39 is 36.3 Å². The summed E-state index contributed by atoms with van der Waals surface area (Å²) in [6.07, 6.45) is -3.61. The van der Waals surface area contributed by atoms with E-state index in [1.54, 1.807) is 37.4 Å². The van der Waals surface area contributed by atoms with E-state index in [0.29, 0.717) is 29.2 Å². The van der Waals surface area contributed by atoms with Gasteiger partial charge in [0.05, 0.1) is 25.7 Å². The van der Waals surface area contributed by atoms with Crippen LogP contribution in [0.3, 0.4) is 0 Å². The normalized spacial score (nSPS) is 16.3. The highest BCUT2D eigenvalue weighted by atomic mass is 19.4. The molecule has 0 radical (unpaired) electrons. The number of benzene rings is 3. The molecule has 4 bridgehead atoms. The van der Waals surface area contributed by atoms with Crippen LogP contribution < -0.4 is 21.7 Å². The number of fused-ring (bicyclic) bond motifs is 10. The van der Waals surface area contributed by atoms with Gasteiger partial charge >= 0.3 is 24.2 Å². The second-order valence-electron chi connectivity index (χ2n) is 10.9. The van der Waals surface area contributed by atoms with Gasteiger partial charge in [0.15, 0.2) is 0 Å². The van der Waals surface area contributed by atoms with Crippen LogP contribution in [-0.2, 0) is 30.3 Å². The maximum Gasteiger partial charge on any atom is 0.490 e. The van der Waals surface area contributed by atoms with Crippen molar-refractivity contribution < 1.29 is 46.9 Å². The average molecular weight is 682 g/mol. The van der Waals surface area contributed by atoms with E-state index in [1.807, 2.05) is 49.4 Å². The summed E-state index contributed by atoms with van der Waals surface area (Å²) in [4.78, 5) is 52.2. The molecule has 49 heavy (non-hydrogen) atoms. The van der Waals surface area contributed by atoms with Crippen molar-refractivity contribution in [3.05, 3.63) is 95.2 Å². The molecule has 0 saturated carbocycles. The largest absolute Gasteiger partial charge is 0.490 e. The number of esters is 1. The molecule has 3 heterocycles. The number of carbonyl (C=O) groups excluding carboxylic acids is 3. The van der Waals surface area contributed by atoms with Gasteiger partial charge < -0.3 is 30.9 Å². The summed E-state index contributed by atoms with van der Waals surface area (Å²) >= 11 is 0. The molecule has 2 atom stereocenters. The van der Waals surface area contributed by atoms with Crippen LogP contribution in [0.5, 0.6) is 0 Å². The van der Waals surface area contributed by atoms with Crippen molar-refractivity contribution in [3.8, 4) is 0 Å². The van der Waals surface area contributed by atoms with Crippen molar-refractivity contribution in [2.24, 2.45) is 0 Å². The molecule has 258 valence electrons. The zero-order chi connectivity index (χ0) is 35.7. The van der Waals surface area contributed by atoms with Gasteiger partial charge in [0.25, 0.3) is 0 Å². The fourth-order valence-corrected chi connectivity index (χ4v) is 5.07. The second kappa shape index (κ2) is 15.8. The highest BCUT2D eigenvalue weighted by molar-refractivity contribution is 5.94. The van der Waals surface area contributed by atoms with Crippen LogP contribution in [0.15, 0.2) is 72.9 Å². The van der Waals surface area contributed by atoms with Crippen molar-refractivity contribution in [1.29, 1.82) is 0 Å². The molecule has 0 fully saturated rings.